The fraction of sp³-hybridized carbons (Fsp3) is 0.286. The molecular weight excluding hydrogens is 340 g/mol. The number of primary amides is 1. The molecule has 1 aliphatic rings. The highest BCUT2D eigenvalue weighted by atomic mass is 79.9. The first-order valence-corrected chi connectivity index (χ1v) is 8.00. The van der Waals surface area contributed by atoms with Gasteiger partial charge < -0.3 is 10.2 Å². The van der Waals surface area contributed by atoms with E-state index in [1.807, 2.05) is 6.07 Å². The predicted octanol–water partition coefficient (Wildman–Crippen LogP) is 3.83. The summed E-state index contributed by atoms with van der Waals surface area (Å²) in [6.45, 7) is 0. The molecule has 0 atom stereocenters. The monoisotopic (exact) mass is 352 g/mol. The molecule has 3 rings (SSSR count). The highest BCUT2D eigenvalue weighted by Crippen LogP contribution is 2.39. The molecule has 6 heteroatoms. The number of aryl methyl sites for hydroxylation is 1. The van der Waals surface area contributed by atoms with Crippen molar-refractivity contribution >= 4 is 44.4 Å². The summed E-state index contributed by atoms with van der Waals surface area (Å²) in [6.07, 6.45) is 5.83. The molecule has 2 aromatic heterocycles. The summed E-state index contributed by atoms with van der Waals surface area (Å²) in [7, 11) is 0. The molecule has 0 radical (unpaired) electrons. The Balaban J connectivity index is 1.98. The Morgan fingerprint density at radius 1 is 1.40 bits per heavy atom. The van der Waals surface area contributed by atoms with Crippen LogP contribution in [0.1, 0.15) is 39.4 Å². The number of amides is 1. The van der Waals surface area contributed by atoms with Gasteiger partial charge >= 0.3 is 0 Å². The Hall–Kier alpha value is -1.40. The SMILES string of the molecule is NC(=O)c1c(N=Cc2ccc(Br)o2)sc2c1CCCC2. The summed E-state index contributed by atoms with van der Waals surface area (Å²) in [5.41, 5.74) is 7.21. The zero-order chi connectivity index (χ0) is 14.1. The van der Waals surface area contributed by atoms with Crippen LogP contribution in [0, 0.1) is 0 Å². The fourth-order valence-electron chi connectivity index (χ4n) is 2.42. The minimum atomic E-state index is -0.392. The second-order valence-corrected chi connectivity index (χ2v) is 6.52. The molecular formula is C14H13BrN2O2S. The normalized spacial score (nSPS) is 14.7. The van der Waals surface area contributed by atoms with Crippen molar-refractivity contribution in [2.75, 3.05) is 0 Å². The summed E-state index contributed by atoms with van der Waals surface area (Å²) >= 11 is 4.81. The standard InChI is InChI=1S/C14H13BrN2O2S/c15-11-6-5-8(19-11)7-17-14-12(13(16)18)9-3-1-2-4-10(9)20-14/h5-7H,1-4H2,(H2,16,18). The summed E-state index contributed by atoms with van der Waals surface area (Å²) in [5.74, 6) is 0.246. The largest absolute Gasteiger partial charge is 0.448 e. The van der Waals surface area contributed by atoms with Crippen molar-refractivity contribution < 1.29 is 9.21 Å². The maximum atomic E-state index is 11.7. The lowest BCUT2D eigenvalue weighted by Crippen LogP contribution is -2.14. The van der Waals surface area contributed by atoms with Gasteiger partial charge in [-0.05, 0) is 59.3 Å². The Morgan fingerprint density at radius 3 is 2.90 bits per heavy atom. The van der Waals surface area contributed by atoms with E-state index in [1.54, 1.807) is 23.6 Å². The number of carbonyl (C=O) groups is 1. The van der Waals surface area contributed by atoms with Gasteiger partial charge in [0, 0.05) is 4.88 Å². The molecule has 1 amide bonds. The molecule has 0 aliphatic heterocycles. The van der Waals surface area contributed by atoms with Gasteiger partial charge in [-0.1, -0.05) is 0 Å². The predicted molar refractivity (Wildman–Crippen MR) is 83.1 cm³/mol. The van der Waals surface area contributed by atoms with E-state index in [0.29, 0.717) is 21.0 Å². The summed E-state index contributed by atoms with van der Waals surface area (Å²) in [4.78, 5) is 17.3. The number of rotatable bonds is 3. The van der Waals surface area contributed by atoms with Crippen LogP contribution < -0.4 is 5.73 Å². The zero-order valence-electron chi connectivity index (χ0n) is 10.7. The summed E-state index contributed by atoms with van der Waals surface area (Å²) in [6, 6.07) is 3.61. The van der Waals surface area contributed by atoms with Gasteiger partial charge in [0.05, 0.1) is 11.8 Å². The molecule has 0 aromatic carbocycles. The number of fused-ring (bicyclic) bond motifs is 1. The second-order valence-electron chi connectivity index (χ2n) is 4.66. The number of nitrogens with two attached hydrogens (primary N) is 1. The molecule has 4 nitrogen and oxygen atoms in total. The first-order chi connectivity index (χ1) is 9.65. The molecule has 2 N–H and O–H groups in total. The first-order valence-electron chi connectivity index (χ1n) is 6.39. The van der Waals surface area contributed by atoms with Crippen LogP contribution in [0.3, 0.4) is 0 Å². The highest BCUT2D eigenvalue weighted by Gasteiger charge is 2.23. The fourth-order valence-corrected chi connectivity index (χ4v) is 3.97. The molecule has 0 saturated heterocycles. The van der Waals surface area contributed by atoms with Crippen molar-refractivity contribution in [3.05, 3.63) is 38.6 Å². The molecule has 0 fully saturated rings. The molecule has 2 heterocycles. The minimum Gasteiger partial charge on any atom is -0.448 e. The van der Waals surface area contributed by atoms with E-state index in [4.69, 9.17) is 10.2 Å². The van der Waals surface area contributed by atoms with Crippen LogP contribution >= 0.6 is 27.3 Å². The lowest BCUT2D eigenvalue weighted by molar-refractivity contribution is 0.100. The van der Waals surface area contributed by atoms with Crippen molar-refractivity contribution in [1.29, 1.82) is 0 Å². The Bertz CT molecular complexity index is 687. The van der Waals surface area contributed by atoms with Crippen LogP contribution in [-0.4, -0.2) is 12.1 Å². The smallest absolute Gasteiger partial charge is 0.252 e. The Kier molecular flexibility index (Phi) is 3.76. The van der Waals surface area contributed by atoms with Crippen molar-refractivity contribution in [2.24, 2.45) is 10.7 Å². The van der Waals surface area contributed by atoms with Gasteiger partial charge in [0.2, 0.25) is 0 Å². The number of aliphatic imine (C=N–C) groups is 1. The molecule has 1 aliphatic carbocycles. The van der Waals surface area contributed by atoms with Crippen LogP contribution in [0.25, 0.3) is 0 Å². The van der Waals surface area contributed by atoms with E-state index in [9.17, 15) is 4.79 Å². The lowest BCUT2D eigenvalue weighted by Gasteiger charge is -2.10. The van der Waals surface area contributed by atoms with Gasteiger partial charge in [-0.2, -0.15) is 0 Å². The van der Waals surface area contributed by atoms with Gasteiger partial charge in [-0.15, -0.1) is 11.3 Å². The maximum Gasteiger partial charge on any atom is 0.252 e. The molecule has 0 spiro atoms. The van der Waals surface area contributed by atoms with E-state index in [0.717, 1.165) is 24.8 Å². The number of furan rings is 1. The Morgan fingerprint density at radius 2 is 2.20 bits per heavy atom. The first kappa shape index (κ1) is 13.6. The zero-order valence-corrected chi connectivity index (χ0v) is 13.1. The lowest BCUT2D eigenvalue weighted by atomic mass is 9.95. The van der Waals surface area contributed by atoms with Gasteiger partial charge in [0.1, 0.15) is 10.8 Å². The van der Waals surface area contributed by atoms with E-state index >= 15 is 0 Å². The van der Waals surface area contributed by atoms with Crippen molar-refractivity contribution in [3.8, 4) is 0 Å². The number of hydrogen-bond acceptors (Lipinski definition) is 4. The molecule has 0 unspecified atom stereocenters. The third-order valence-corrected chi connectivity index (χ3v) is 4.93. The van der Waals surface area contributed by atoms with Crippen LogP contribution in [0.2, 0.25) is 0 Å². The molecule has 20 heavy (non-hydrogen) atoms. The third-order valence-electron chi connectivity index (χ3n) is 3.30. The molecule has 2 aromatic rings. The average Bonchev–Trinajstić information content (AvgIpc) is 2.99. The molecule has 104 valence electrons. The van der Waals surface area contributed by atoms with E-state index < -0.39 is 5.91 Å². The summed E-state index contributed by atoms with van der Waals surface area (Å²) in [5, 5.41) is 0.692. The second kappa shape index (κ2) is 5.54. The van der Waals surface area contributed by atoms with Crippen molar-refractivity contribution in [1.82, 2.24) is 0 Å². The number of hydrogen-bond donors (Lipinski definition) is 1. The third kappa shape index (κ3) is 2.58. The highest BCUT2D eigenvalue weighted by molar-refractivity contribution is 9.10. The summed E-state index contributed by atoms with van der Waals surface area (Å²) < 4.78 is 6.02. The Labute approximate surface area is 128 Å². The van der Waals surface area contributed by atoms with Gasteiger partial charge in [0.15, 0.2) is 4.67 Å². The maximum absolute atomic E-state index is 11.7. The van der Waals surface area contributed by atoms with E-state index in [-0.39, 0.29) is 0 Å². The van der Waals surface area contributed by atoms with Gasteiger partial charge in [-0.3, -0.25) is 4.79 Å². The quantitative estimate of drug-likeness (QED) is 0.852. The van der Waals surface area contributed by atoms with E-state index in [1.165, 1.54) is 11.3 Å². The van der Waals surface area contributed by atoms with Crippen LogP contribution in [0.4, 0.5) is 5.00 Å². The van der Waals surface area contributed by atoms with Gasteiger partial charge in [0.25, 0.3) is 5.91 Å². The van der Waals surface area contributed by atoms with Crippen molar-refractivity contribution in [2.45, 2.75) is 25.7 Å². The molecule has 0 bridgehead atoms. The number of halogens is 1. The number of carbonyl (C=O) groups excluding carboxylic acids is 1. The van der Waals surface area contributed by atoms with Crippen molar-refractivity contribution in [3.63, 3.8) is 0 Å². The van der Waals surface area contributed by atoms with Crippen LogP contribution in [0.5, 0.6) is 0 Å². The number of thiophene rings is 1. The average molecular weight is 353 g/mol. The van der Waals surface area contributed by atoms with Crippen LogP contribution in [0.15, 0.2) is 26.2 Å². The van der Waals surface area contributed by atoms with Crippen LogP contribution in [-0.2, 0) is 12.8 Å². The number of nitrogens with zero attached hydrogens (tertiary/aromatic N) is 1. The van der Waals surface area contributed by atoms with E-state index in [2.05, 4.69) is 20.9 Å². The minimum absolute atomic E-state index is 0.392. The molecule has 0 saturated carbocycles. The topological polar surface area (TPSA) is 68.6 Å². The van der Waals surface area contributed by atoms with Gasteiger partial charge in [-0.25, -0.2) is 4.99 Å².